The van der Waals surface area contributed by atoms with E-state index >= 15 is 0 Å². The number of rotatable bonds is 4. The highest BCUT2D eigenvalue weighted by Crippen LogP contribution is 2.18. The first-order valence-electron chi connectivity index (χ1n) is 5.55. The van der Waals surface area contributed by atoms with Gasteiger partial charge in [-0.2, -0.15) is 4.98 Å². The Labute approximate surface area is 103 Å². The van der Waals surface area contributed by atoms with Gasteiger partial charge >= 0.3 is 0 Å². The molecule has 94 valence electrons. The third-order valence-electron chi connectivity index (χ3n) is 2.34. The molecule has 1 amide bonds. The smallest absolute Gasteiger partial charge is 0.246 e. The van der Waals surface area contributed by atoms with Gasteiger partial charge in [0.05, 0.1) is 12.1 Å². The number of carbonyl (C=O) groups is 1. The molecule has 0 saturated heterocycles. The number of hydrogen-bond donors (Lipinski definition) is 1. The van der Waals surface area contributed by atoms with E-state index in [4.69, 9.17) is 4.52 Å². The van der Waals surface area contributed by atoms with Crippen molar-refractivity contribution in [2.75, 3.05) is 0 Å². The Hall–Kier alpha value is -2.24. The van der Waals surface area contributed by atoms with Crippen molar-refractivity contribution in [1.82, 2.24) is 15.5 Å². The summed E-state index contributed by atoms with van der Waals surface area (Å²) in [5.41, 5.74) is 0.273. The van der Waals surface area contributed by atoms with Gasteiger partial charge in [0.2, 0.25) is 17.6 Å². The number of carbonyl (C=O) groups excluding carboxylic acids is 1. The molecular weight excluding hydrogens is 237 g/mol. The lowest BCUT2D eigenvalue weighted by Crippen LogP contribution is -2.21. The topological polar surface area (TPSA) is 68.0 Å². The van der Waals surface area contributed by atoms with Gasteiger partial charge in [-0.1, -0.05) is 24.2 Å². The Kier molecular flexibility index (Phi) is 3.66. The SMILES string of the molecule is CCC(=O)NCc1nc(-c2ccccc2F)no1. The predicted molar refractivity (Wildman–Crippen MR) is 61.8 cm³/mol. The molecule has 18 heavy (non-hydrogen) atoms. The molecule has 1 N–H and O–H groups in total. The van der Waals surface area contributed by atoms with E-state index in [0.29, 0.717) is 6.42 Å². The molecule has 5 nitrogen and oxygen atoms in total. The number of benzene rings is 1. The number of nitrogens with one attached hydrogen (secondary N) is 1. The second-order valence-corrected chi connectivity index (χ2v) is 3.62. The van der Waals surface area contributed by atoms with Crippen LogP contribution in [0.3, 0.4) is 0 Å². The fourth-order valence-corrected chi connectivity index (χ4v) is 1.38. The van der Waals surface area contributed by atoms with E-state index in [-0.39, 0.29) is 29.7 Å². The van der Waals surface area contributed by atoms with Crippen LogP contribution in [0.1, 0.15) is 19.2 Å². The molecule has 0 unspecified atom stereocenters. The summed E-state index contributed by atoms with van der Waals surface area (Å²) in [6, 6.07) is 6.16. The Morgan fingerprint density at radius 3 is 2.94 bits per heavy atom. The van der Waals surface area contributed by atoms with Crippen LogP contribution < -0.4 is 5.32 Å². The minimum absolute atomic E-state index is 0.111. The van der Waals surface area contributed by atoms with Crippen LogP contribution in [0.25, 0.3) is 11.4 Å². The molecule has 0 fully saturated rings. The molecule has 0 aliphatic heterocycles. The average molecular weight is 249 g/mol. The maximum Gasteiger partial charge on any atom is 0.246 e. The normalized spacial score (nSPS) is 10.3. The number of halogens is 1. The van der Waals surface area contributed by atoms with Gasteiger partial charge in [-0.15, -0.1) is 0 Å². The van der Waals surface area contributed by atoms with Crippen LogP contribution in [0, 0.1) is 5.82 Å². The van der Waals surface area contributed by atoms with E-state index in [9.17, 15) is 9.18 Å². The van der Waals surface area contributed by atoms with Crippen LogP contribution in [0.15, 0.2) is 28.8 Å². The first kappa shape index (κ1) is 12.2. The zero-order valence-corrected chi connectivity index (χ0v) is 9.81. The lowest BCUT2D eigenvalue weighted by molar-refractivity contribution is -0.121. The van der Waals surface area contributed by atoms with Crippen molar-refractivity contribution in [1.29, 1.82) is 0 Å². The second-order valence-electron chi connectivity index (χ2n) is 3.62. The van der Waals surface area contributed by atoms with E-state index in [0.717, 1.165) is 0 Å². The summed E-state index contributed by atoms with van der Waals surface area (Å²) in [7, 11) is 0. The lowest BCUT2D eigenvalue weighted by atomic mass is 10.2. The Morgan fingerprint density at radius 1 is 1.44 bits per heavy atom. The summed E-state index contributed by atoms with van der Waals surface area (Å²) >= 11 is 0. The van der Waals surface area contributed by atoms with Gasteiger partial charge in [0.15, 0.2) is 0 Å². The van der Waals surface area contributed by atoms with Crippen molar-refractivity contribution in [2.45, 2.75) is 19.9 Å². The fourth-order valence-electron chi connectivity index (χ4n) is 1.38. The van der Waals surface area contributed by atoms with Gasteiger partial charge in [0, 0.05) is 6.42 Å². The Bertz CT molecular complexity index is 554. The van der Waals surface area contributed by atoms with Crippen LogP contribution in [0.2, 0.25) is 0 Å². The largest absolute Gasteiger partial charge is 0.347 e. The van der Waals surface area contributed by atoms with Crippen LogP contribution >= 0.6 is 0 Å². The minimum Gasteiger partial charge on any atom is -0.347 e. The molecule has 6 heteroatoms. The molecule has 0 atom stereocenters. The van der Waals surface area contributed by atoms with Crippen molar-refractivity contribution in [3.8, 4) is 11.4 Å². The van der Waals surface area contributed by atoms with Gasteiger partial charge in [-0.3, -0.25) is 4.79 Å². The van der Waals surface area contributed by atoms with E-state index in [1.165, 1.54) is 6.07 Å². The highest BCUT2D eigenvalue weighted by atomic mass is 19.1. The highest BCUT2D eigenvalue weighted by Gasteiger charge is 2.12. The van der Waals surface area contributed by atoms with Gasteiger partial charge < -0.3 is 9.84 Å². The maximum atomic E-state index is 13.5. The molecule has 1 aromatic heterocycles. The summed E-state index contributed by atoms with van der Waals surface area (Å²) in [5.74, 6) is -0.105. The third kappa shape index (κ3) is 2.71. The third-order valence-corrected chi connectivity index (χ3v) is 2.34. The summed E-state index contributed by atoms with van der Waals surface area (Å²) in [4.78, 5) is 15.1. The molecule has 0 aliphatic carbocycles. The molecule has 0 aliphatic rings. The fraction of sp³-hybridized carbons (Fsp3) is 0.250. The molecule has 0 saturated carbocycles. The number of amides is 1. The molecule has 2 rings (SSSR count). The summed E-state index contributed by atoms with van der Waals surface area (Å²) < 4.78 is 18.4. The van der Waals surface area contributed by atoms with E-state index in [1.54, 1.807) is 25.1 Å². The predicted octanol–water partition coefficient (Wildman–Crippen LogP) is 1.90. The zero-order chi connectivity index (χ0) is 13.0. The maximum absolute atomic E-state index is 13.5. The van der Waals surface area contributed by atoms with Crippen molar-refractivity contribution < 1.29 is 13.7 Å². The molecule has 1 heterocycles. The van der Waals surface area contributed by atoms with Crippen molar-refractivity contribution >= 4 is 5.91 Å². The standard InChI is InChI=1S/C12H12FN3O2/c1-2-10(17)14-7-11-15-12(16-18-11)8-5-3-4-6-9(8)13/h3-6H,2,7H2,1H3,(H,14,17). The zero-order valence-electron chi connectivity index (χ0n) is 9.81. The number of nitrogens with zero attached hydrogens (tertiary/aromatic N) is 2. The van der Waals surface area contributed by atoms with Crippen molar-refractivity contribution in [3.63, 3.8) is 0 Å². The van der Waals surface area contributed by atoms with Crippen molar-refractivity contribution in [3.05, 3.63) is 36.0 Å². The Balaban J connectivity index is 2.11. The monoisotopic (exact) mass is 249 g/mol. The van der Waals surface area contributed by atoms with Crippen LogP contribution in [0.4, 0.5) is 4.39 Å². The van der Waals surface area contributed by atoms with E-state index < -0.39 is 5.82 Å². The molecule has 1 aromatic carbocycles. The quantitative estimate of drug-likeness (QED) is 0.898. The average Bonchev–Trinajstić information content (AvgIpc) is 2.85. The summed E-state index contributed by atoms with van der Waals surface area (Å²) in [5, 5.41) is 6.27. The molecular formula is C12H12FN3O2. The van der Waals surface area contributed by atoms with Gasteiger partial charge in [0.1, 0.15) is 5.82 Å². The number of hydrogen-bond acceptors (Lipinski definition) is 4. The lowest BCUT2D eigenvalue weighted by Gasteiger charge is -1.97. The summed E-state index contributed by atoms with van der Waals surface area (Å²) in [6.45, 7) is 1.89. The van der Waals surface area contributed by atoms with E-state index in [1.807, 2.05) is 0 Å². The first-order valence-corrected chi connectivity index (χ1v) is 5.55. The second kappa shape index (κ2) is 5.39. The molecule has 2 aromatic rings. The summed E-state index contributed by atoms with van der Waals surface area (Å²) in [6.07, 6.45) is 0.383. The van der Waals surface area contributed by atoms with E-state index in [2.05, 4.69) is 15.5 Å². The number of aromatic nitrogens is 2. The van der Waals surface area contributed by atoms with Gasteiger partial charge in [0.25, 0.3) is 0 Å². The van der Waals surface area contributed by atoms with Gasteiger partial charge in [-0.25, -0.2) is 4.39 Å². The highest BCUT2D eigenvalue weighted by molar-refractivity contribution is 5.75. The first-order chi connectivity index (χ1) is 8.70. The molecule has 0 spiro atoms. The molecule has 0 radical (unpaired) electrons. The minimum atomic E-state index is -0.414. The van der Waals surface area contributed by atoms with Gasteiger partial charge in [-0.05, 0) is 12.1 Å². The van der Waals surface area contributed by atoms with Crippen LogP contribution in [-0.2, 0) is 11.3 Å². The van der Waals surface area contributed by atoms with Crippen LogP contribution in [0.5, 0.6) is 0 Å². The Morgan fingerprint density at radius 2 is 2.22 bits per heavy atom. The molecule has 0 bridgehead atoms. The van der Waals surface area contributed by atoms with Crippen LogP contribution in [-0.4, -0.2) is 16.0 Å². The van der Waals surface area contributed by atoms with Crippen molar-refractivity contribution in [2.24, 2.45) is 0 Å².